The van der Waals surface area contributed by atoms with Gasteiger partial charge in [0.1, 0.15) is 5.69 Å². The van der Waals surface area contributed by atoms with Crippen molar-refractivity contribution < 1.29 is 4.52 Å². The molecule has 0 saturated heterocycles. The van der Waals surface area contributed by atoms with Gasteiger partial charge in [-0.05, 0) is 30.3 Å². The van der Waals surface area contributed by atoms with Gasteiger partial charge in [0.25, 0.3) is 5.89 Å². The molecule has 5 nitrogen and oxygen atoms in total. The van der Waals surface area contributed by atoms with Crippen LogP contribution in [0.2, 0.25) is 0 Å². The molecule has 0 fully saturated rings. The van der Waals surface area contributed by atoms with E-state index < -0.39 is 0 Å². The van der Waals surface area contributed by atoms with Crippen LogP contribution >= 0.6 is 0 Å². The molecule has 0 radical (unpaired) electrons. The maximum atomic E-state index is 5.37. The molecule has 0 atom stereocenters. The molecule has 4 aromatic rings. The van der Waals surface area contributed by atoms with Gasteiger partial charge in [0.15, 0.2) is 0 Å². The Balaban J connectivity index is 1.84. The number of nitrogens with one attached hydrogen (secondary N) is 1. The van der Waals surface area contributed by atoms with Crippen LogP contribution in [-0.2, 0) is 0 Å². The number of aromatic amines is 1. The highest BCUT2D eigenvalue weighted by Crippen LogP contribution is 2.28. The monoisotopic (exact) mass is 262 g/mol. The molecular weight excluding hydrogens is 252 g/mol. The number of pyridine rings is 1. The van der Waals surface area contributed by atoms with E-state index in [4.69, 9.17) is 4.52 Å². The van der Waals surface area contributed by atoms with Crippen molar-refractivity contribution >= 4 is 10.9 Å². The van der Waals surface area contributed by atoms with Crippen molar-refractivity contribution in [2.45, 2.75) is 0 Å². The van der Waals surface area contributed by atoms with Gasteiger partial charge in [-0.25, -0.2) is 0 Å². The van der Waals surface area contributed by atoms with Crippen LogP contribution in [0.3, 0.4) is 0 Å². The SMILES string of the molecule is c1ccc(-c2noc(-c3cccc4[nH]ccc34)n2)nc1. The van der Waals surface area contributed by atoms with Crippen molar-refractivity contribution in [1.82, 2.24) is 20.1 Å². The number of rotatable bonds is 2. The number of hydrogen-bond donors (Lipinski definition) is 1. The molecule has 0 unspecified atom stereocenters. The first-order valence-corrected chi connectivity index (χ1v) is 6.23. The number of nitrogens with zero attached hydrogens (tertiary/aromatic N) is 3. The summed E-state index contributed by atoms with van der Waals surface area (Å²) in [6.45, 7) is 0. The smallest absolute Gasteiger partial charge is 0.258 e. The molecule has 96 valence electrons. The number of fused-ring (bicyclic) bond motifs is 1. The van der Waals surface area contributed by atoms with E-state index in [1.54, 1.807) is 6.20 Å². The molecule has 5 heteroatoms. The number of H-pyrrole nitrogens is 1. The molecule has 0 aliphatic heterocycles. The third-order valence-electron chi connectivity index (χ3n) is 3.15. The summed E-state index contributed by atoms with van der Waals surface area (Å²) in [7, 11) is 0. The zero-order valence-electron chi connectivity index (χ0n) is 10.4. The molecule has 1 N–H and O–H groups in total. The van der Waals surface area contributed by atoms with Gasteiger partial charge >= 0.3 is 0 Å². The van der Waals surface area contributed by atoms with Crippen LogP contribution in [0.25, 0.3) is 33.9 Å². The molecule has 3 aromatic heterocycles. The fraction of sp³-hybridized carbons (Fsp3) is 0. The van der Waals surface area contributed by atoms with Crippen molar-refractivity contribution in [2.75, 3.05) is 0 Å². The lowest BCUT2D eigenvalue weighted by atomic mass is 10.1. The zero-order valence-corrected chi connectivity index (χ0v) is 10.4. The van der Waals surface area contributed by atoms with E-state index in [2.05, 4.69) is 20.1 Å². The molecule has 0 amide bonds. The Bertz CT molecular complexity index is 864. The van der Waals surface area contributed by atoms with Crippen molar-refractivity contribution in [1.29, 1.82) is 0 Å². The summed E-state index contributed by atoms with van der Waals surface area (Å²) in [5.74, 6) is 0.990. The normalized spacial score (nSPS) is 11.0. The average Bonchev–Trinajstić information content (AvgIpc) is 3.17. The summed E-state index contributed by atoms with van der Waals surface area (Å²) in [6.07, 6.45) is 3.60. The molecule has 0 aliphatic rings. The molecule has 1 aromatic carbocycles. The van der Waals surface area contributed by atoms with E-state index in [0.29, 0.717) is 17.4 Å². The van der Waals surface area contributed by atoms with E-state index in [0.717, 1.165) is 16.5 Å². The molecular formula is C15H10N4O. The van der Waals surface area contributed by atoms with Crippen LogP contribution in [0.1, 0.15) is 0 Å². The van der Waals surface area contributed by atoms with Crippen LogP contribution in [-0.4, -0.2) is 20.1 Å². The topological polar surface area (TPSA) is 67.6 Å². The molecule has 0 bridgehead atoms. The lowest BCUT2D eigenvalue weighted by Crippen LogP contribution is -1.84. The highest BCUT2D eigenvalue weighted by Gasteiger charge is 2.13. The lowest BCUT2D eigenvalue weighted by Gasteiger charge is -1.96. The third kappa shape index (κ3) is 1.68. The Morgan fingerprint density at radius 2 is 2.00 bits per heavy atom. The lowest BCUT2D eigenvalue weighted by molar-refractivity contribution is 0.432. The van der Waals surface area contributed by atoms with Gasteiger partial charge in [0.2, 0.25) is 5.82 Å². The number of benzene rings is 1. The second-order valence-electron chi connectivity index (χ2n) is 4.38. The number of hydrogen-bond acceptors (Lipinski definition) is 4. The summed E-state index contributed by atoms with van der Waals surface area (Å²) in [6, 6.07) is 13.5. The van der Waals surface area contributed by atoms with Crippen LogP contribution in [0.5, 0.6) is 0 Å². The highest BCUT2D eigenvalue weighted by atomic mass is 16.5. The Morgan fingerprint density at radius 1 is 1.00 bits per heavy atom. The van der Waals surface area contributed by atoms with Crippen molar-refractivity contribution in [3.8, 4) is 23.0 Å². The predicted molar refractivity (Wildman–Crippen MR) is 74.8 cm³/mol. The largest absolute Gasteiger partial charge is 0.361 e. The van der Waals surface area contributed by atoms with Crippen molar-refractivity contribution in [2.24, 2.45) is 0 Å². The van der Waals surface area contributed by atoms with Crippen molar-refractivity contribution in [3.63, 3.8) is 0 Å². The quantitative estimate of drug-likeness (QED) is 0.602. The third-order valence-corrected chi connectivity index (χ3v) is 3.15. The van der Waals surface area contributed by atoms with E-state index in [1.807, 2.05) is 48.7 Å². The summed E-state index contributed by atoms with van der Waals surface area (Å²) in [5.41, 5.74) is 2.65. The Kier molecular flexibility index (Phi) is 2.35. The second-order valence-corrected chi connectivity index (χ2v) is 4.38. The van der Waals surface area contributed by atoms with Crippen molar-refractivity contribution in [3.05, 3.63) is 54.9 Å². The summed E-state index contributed by atoms with van der Waals surface area (Å²) < 4.78 is 5.37. The predicted octanol–water partition coefficient (Wildman–Crippen LogP) is 3.28. The highest BCUT2D eigenvalue weighted by molar-refractivity contribution is 5.93. The molecule has 0 aliphatic carbocycles. The van der Waals surface area contributed by atoms with Gasteiger partial charge in [-0.3, -0.25) is 4.98 Å². The van der Waals surface area contributed by atoms with Gasteiger partial charge in [-0.15, -0.1) is 0 Å². The number of aromatic nitrogens is 4. The Morgan fingerprint density at radius 3 is 2.90 bits per heavy atom. The minimum atomic E-state index is 0.494. The van der Waals surface area contributed by atoms with Gasteiger partial charge in [0.05, 0.1) is 0 Å². The second kappa shape index (κ2) is 4.31. The minimum absolute atomic E-state index is 0.494. The maximum absolute atomic E-state index is 5.37. The molecule has 4 rings (SSSR count). The fourth-order valence-corrected chi connectivity index (χ4v) is 2.20. The van der Waals surface area contributed by atoms with Crippen LogP contribution in [0.15, 0.2) is 59.4 Å². The molecule has 0 saturated carbocycles. The summed E-state index contributed by atoms with van der Waals surface area (Å²) in [5, 5.41) is 5.05. The van der Waals surface area contributed by atoms with Gasteiger partial charge in [-0.2, -0.15) is 4.98 Å². The van der Waals surface area contributed by atoms with Crippen LogP contribution in [0.4, 0.5) is 0 Å². The minimum Gasteiger partial charge on any atom is -0.361 e. The maximum Gasteiger partial charge on any atom is 0.258 e. The Hall–Kier alpha value is -2.95. The molecule has 20 heavy (non-hydrogen) atoms. The molecule has 0 spiro atoms. The van der Waals surface area contributed by atoms with Crippen LogP contribution < -0.4 is 0 Å². The van der Waals surface area contributed by atoms with E-state index in [-0.39, 0.29) is 0 Å². The van der Waals surface area contributed by atoms with Gasteiger partial charge in [0, 0.05) is 28.9 Å². The van der Waals surface area contributed by atoms with Gasteiger partial charge in [-0.1, -0.05) is 17.3 Å². The van der Waals surface area contributed by atoms with Crippen LogP contribution in [0, 0.1) is 0 Å². The van der Waals surface area contributed by atoms with E-state index in [9.17, 15) is 0 Å². The fourth-order valence-electron chi connectivity index (χ4n) is 2.20. The summed E-state index contributed by atoms with van der Waals surface area (Å²) in [4.78, 5) is 11.8. The van der Waals surface area contributed by atoms with E-state index >= 15 is 0 Å². The Labute approximate surface area is 114 Å². The average molecular weight is 262 g/mol. The first-order chi connectivity index (χ1) is 9.92. The standard InChI is InChI=1S/C15H10N4O/c1-2-8-16-13(5-1)14-18-15(20-19-14)11-4-3-6-12-10(11)7-9-17-12/h1-9,17H. The first-order valence-electron chi connectivity index (χ1n) is 6.23. The first kappa shape index (κ1) is 10.9. The summed E-state index contributed by atoms with van der Waals surface area (Å²) >= 11 is 0. The zero-order chi connectivity index (χ0) is 13.4. The molecule has 3 heterocycles. The van der Waals surface area contributed by atoms with E-state index in [1.165, 1.54) is 0 Å². The van der Waals surface area contributed by atoms with Gasteiger partial charge < -0.3 is 9.51 Å².